The van der Waals surface area contributed by atoms with Crippen LogP contribution in [0.4, 0.5) is 0 Å². The third kappa shape index (κ3) is 2.60. The molecule has 0 aromatic heterocycles. The van der Waals surface area contributed by atoms with E-state index < -0.39 is 15.8 Å². The fourth-order valence-corrected chi connectivity index (χ4v) is 4.48. The molecule has 1 amide bonds. The Labute approximate surface area is 118 Å². The van der Waals surface area contributed by atoms with Gasteiger partial charge in [0.05, 0.1) is 23.1 Å². The Morgan fingerprint density at radius 1 is 1.25 bits per heavy atom. The average molecular weight is 292 g/mol. The summed E-state index contributed by atoms with van der Waals surface area (Å²) < 4.78 is 22.7. The minimum atomic E-state index is -3.04. The highest BCUT2D eigenvalue weighted by Gasteiger charge is 2.33. The standard InChI is InChI=1S/C14H16N2O3S/c17-14(11-7-8-20(18,19)9-11)16-15-13-6-5-10-3-1-2-4-12(10)13/h1-4,11H,5-9H2,(H,16,17)/b15-13-/t11-/m0/s1. The predicted molar refractivity (Wildman–Crippen MR) is 76.2 cm³/mol. The van der Waals surface area contributed by atoms with Crippen LogP contribution in [-0.4, -0.2) is 31.5 Å². The number of carbonyl (C=O) groups is 1. The lowest BCUT2D eigenvalue weighted by Gasteiger charge is -2.06. The molecule has 5 nitrogen and oxygen atoms in total. The van der Waals surface area contributed by atoms with Crippen molar-refractivity contribution in [1.82, 2.24) is 5.43 Å². The van der Waals surface area contributed by atoms with Crippen LogP contribution in [0.25, 0.3) is 0 Å². The Kier molecular flexibility index (Phi) is 3.33. The first-order chi connectivity index (χ1) is 9.55. The highest BCUT2D eigenvalue weighted by molar-refractivity contribution is 7.91. The number of carbonyl (C=O) groups excluding carboxylic acids is 1. The van der Waals surface area contributed by atoms with Crippen LogP contribution >= 0.6 is 0 Å². The summed E-state index contributed by atoms with van der Waals surface area (Å²) in [6, 6.07) is 7.99. The predicted octanol–water partition coefficient (Wildman–Crippen LogP) is 0.888. The van der Waals surface area contributed by atoms with Crippen molar-refractivity contribution < 1.29 is 13.2 Å². The van der Waals surface area contributed by atoms with E-state index in [2.05, 4.69) is 16.6 Å². The van der Waals surface area contributed by atoms with E-state index in [-0.39, 0.29) is 17.4 Å². The monoisotopic (exact) mass is 292 g/mol. The number of amides is 1. The minimum absolute atomic E-state index is 0.0553. The van der Waals surface area contributed by atoms with Crippen molar-refractivity contribution in [2.45, 2.75) is 19.3 Å². The average Bonchev–Trinajstić information content (AvgIpc) is 2.99. The van der Waals surface area contributed by atoms with Gasteiger partial charge in [-0.25, -0.2) is 13.8 Å². The van der Waals surface area contributed by atoms with Crippen LogP contribution < -0.4 is 5.43 Å². The topological polar surface area (TPSA) is 75.6 Å². The second-order valence-corrected chi connectivity index (χ2v) is 7.52. The molecular formula is C14H16N2O3S. The van der Waals surface area contributed by atoms with Crippen LogP contribution in [0.2, 0.25) is 0 Å². The molecule has 2 aliphatic rings. The molecule has 1 aliphatic heterocycles. The molecule has 1 aromatic rings. The molecule has 20 heavy (non-hydrogen) atoms. The maximum atomic E-state index is 11.9. The van der Waals surface area contributed by atoms with Gasteiger partial charge in [-0.1, -0.05) is 24.3 Å². The van der Waals surface area contributed by atoms with Gasteiger partial charge >= 0.3 is 0 Å². The van der Waals surface area contributed by atoms with Crippen molar-refractivity contribution in [2.75, 3.05) is 11.5 Å². The molecule has 0 radical (unpaired) electrons. The maximum Gasteiger partial charge on any atom is 0.244 e. The molecule has 1 aliphatic carbocycles. The summed E-state index contributed by atoms with van der Waals surface area (Å²) in [5.41, 5.74) is 5.72. The van der Waals surface area contributed by atoms with Crippen LogP contribution in [0.5, 0.6) is 0 Å². The quantitative estimate of drug-likeness (QED) is 0.822. The molecule has 6 heteroatoms. The number of fused-ring (bicyclic) bond motifs is 1. The zero-order valence-corrected chi connectivity index (χ0v) is 11.8. The van der Waals surface area contributed by atoms with E-state index in [4.69, 9.17) is 0 Å². The fraction of sp³-hybridized carbons (Fsp3) is 0.429. The van der Waals surface area contributed by atoms with Gasteiger partial charge in [-0.15, -0.1) is 0 Å². The summed E-state index contributed by atoms with van der Waals surface area (Å²) in [6.45, 7) is 0. The first kappa shape index (κ1) is 13.3. The number of aryl methyl sites for hydroxylation is 1. The van der Waals surface area contributed by atoms with Gasteiger partial charge in [0, 0.05) is 5.56 Å². The third-order valence-electron chi connectivity index (χ3n) is 3.86. The van der Waals surface area contributed by atoms with Crippen molar-refractivity contribution >= 4 is 21.5 Å². The maximum absolute atomic E-state index is 11.9. The van der Waals surface area contributed by atoms with Gasteiger partial charge in [0.1, 0.15) is 0 Å². The first-order valence-corrected chi connectivity index (χ1v) is 8.52. The normalized spacial score (nSPS) is 25.6. The lowest BCUT2D eigenvalue weighted by molar-refractivity contribution is -0.124. The van der Waals surface area contributed by atoms with Crippen molar-refractivity contribution in [3.63, 3.8) is 0 Å². The van der Waals surface area contributed by atoms with Crippen molar-refractivity contribution in [2.24, 2.45) is 11.0 Å². The molecule has 0 bridgehead atoms. The Balaban J connectivity index is 1.68. The van der Waals surface area contributed by atoms with Gasteiger partial charge in [-0.2, -0.15) is 5.10 Å². The first-order valence-electron chi connectivity index (χ1n) is 6.70. The Hall–Kier alpha value is -1.69. The molecule has 1 N–H and O–H groups in total. The van der Waals surface area contributed by atoms with Gasteiger partial charge in [0.15, 0.2) is 9.84 Å². The van der Waals surface area contributed by atoms with E-state index >= 15 is 0 Å². The lowest BCUT2D eigenvalue weighted by atomic mass is 10.1. The molecule has 106 valence electrons. The van der Waals surface area contributed by atoms with E-state index in [0.29, 0.717) is 6.42 Å². The van der Waals surface area contributed by atoms with Crippen LogP contribution in [0.1, 0.15) is 24.0 Å². The number of hydrogen-bond donors (Lipinski definition) is 1. The molecule has 0 spiro atoms. The highest BCUT2D eigenvalue weighted by Crippen LogP contribution is 2.22. The second kappa shape index (κ2) is 5.01. The number of benzene rings is 1. The highest BCUT2D eigenvalue weighted by atomic mass is 32.2. The number of nitrogens with one attached hydrogen (secondary N) is 1. The van der Waals surface area contributed by atoms with Crippen LogP contribution in [0.3, 0.4) is 0 Å². The molecule has 1 aromatic carbocycles. The number of rotatable bonds is 2. The van der Waals surface area contributed by atoms with E-state index in [1.54, 1.807) is 0 Å². The van der Waals surface area contributed by atoms with E-state index in [1.165, 1.54) is 5.56 Å². The summed E-state index contributed by atoms with van der Waals surface area (Å²) in [5.74, 6) is -0.700. The van der Waals surface area contributed by atoms with Gasteiger partial charge < -0.3 is 0 Å². The number of sulfone groups is 1. The molecule has 1 heterocycles. The van der Waals surface area contributed by atoms with Gasteiger partial charge in [-0.3, -0.25) is 4.79 Å². The van der Waals surface area contributed by atoms with Gasteiger partial charge in [0.2, 0.25) is 5.91 Å². The smallest absolute Gasteiger partial charge is 0.244 e. The SMILES string of the molecule is O=C(N/N=C1/CCc2ccccc21)[C@H]1CCS(=O)(=O)C1. The molecule has 1 fully saturated rings. The zero-order chi connectivity index (χ0) is 14.2. The number of hydrazone groups is 1. The number of nitrogens with zero attached hydrogens (tertiary/aromatic N) is 1. The van der Waals surface area contributed by atoms with Crippen molar-refractivity contribution in [3.05, 3.63) is 35.4 Å². The molecule has 0 unspecified atom stereocenters. The van der Waals surface area contributed by atoms with Gasteiger partial charge in [-0.05, 0) is 24.8 Å². The summed E-state index contributed by atoms with van der Waals surface area (Å²) in [6.07, 6.45) is 2.14. The largest absolute Gasteiger partial charge is 0.273 e. The van der Waals surface area contributed by atoms with E-state index in [9.17, 15) is 13.2 Å². The molecule has 1 atom stereocenters. The summed E-state index contributed by atoms with van der Waals surface area (Å²) in [7, 11) is -3.04. The van der Waals surface area contributed by atoms with E-state index in [0.717, 1.165) is 24.1 Å². The minimum Gasteiger partial charge on any atom is -0.273 e. The van der Waals surface area contributed by atoms with E-state index in [1.807, 2.05) is 18.2 Å². The summed E-state index contributed by atoms with van der Waals surface area (Å²) in [4.78, 5) is 11.9. The summed E-state index contributed by atoms with van der Waals surface area (Å²) in [5, 5.41) is 4.18. The molecule has 1 saturated heterocycles. The Bertz CT molecular complexity index is 679. The second-order valence-electron chi connectivity index (χ2n) is 5.29. The van der Waals surface area contributed by atoms with Crippen molar-refractivity contribution in [3.8, 4) is 0 Å². The molecule has 0 saturated carbocycles. The zero-order valence-electron chi connectivity index (χ0n) is 11.0. The third-order valence-corrected chi connectivity index (χ3v) is 5.63. The summed E-state index contributed by atoms with van der Waals surface area (Å²) >= 11 is 0. The lowest BCUT2D eigenvalue weighted by Crippen LogP contribution is -2.28. The van der Waals surface area contributed by atoms with Crippen LogP contribution in [-0.2, 0) is 21.1 Å². The molecule has 3 rings (SSSR count). The van der Waals surface area contributed by atoms with Gasteiger partial charge in [0.25, 0.3) is 0 Å². The van der Waals surface area contributed by atoms with Crippen LogP contribution in [0.15, 0.2) is 29.4 Å². The Morgan fingerprint density at radius 2 is 2.05 bits per heavy atom. The Morgan fingerprint density at radius 3 is 2.80 bits per heavy atom. The fourth-order valence-electron chi connectivity index (χ4n) is 2.74. The molecular weight excluding hydrogens is 276 g/mol. The van der Waals surface area contributed by atoms with Crippen LogP contribution in [0, 0.1) is 5.92 Å². The van der Waals surface area contributed by atoms with Crippen molar-refractivity contribution in [1.29, 1.82) is 0 Å². The number of hydrogen-bond acceptors (Lipinski definition) is 4.